The van der Waals surface area contributed by atoms with Crippen molar-refractivity contribution in [2.24, 2.45) is 5.92 Å². The molecule has 0 aromatic heterocycles. The maximum atomic E-state index is 13.4. The van der Waals surface area contributed by atoms with Crippen LogP contribution in [0.4, 0.5) is 20.1 Å². The van der Waals surface area contributed by atoms with E-state index in [4.69, 9.17) is 18.9 Å². The van der Waals surface area contributed by atoms with E-state index in [9.17, 15) is 19.2 Å². The van der Waals surface area contributed by atoms with E-state index in [0.29, 0.717) is 11.1 Å². The van der Waals surface area contributed by atoms with Gasteiger partial charge in [-0.1, -0.05) is 72.8 Å². The van der Waals surface area contributed by atoms with Gasteiger partial charge in [-0.2, -0.15) is 0 Å². The average molecular weight is 635 g/mol. The number of methoxy groups -OCH3 is 1. The molecule has 246 valence electrons. The topological polar surface area (TPSA) is 136 Å². The molecular formula is C34H42N4O8. The molecule has 0 aliphatic carbocycles. The maximum Gasteiger partial charge on any atom is 0.429 e. The van der Waals surface area contributed by atoms with Gasteiger partial charge in [0.2, 0.25) is 0 Å². The lowest BCUT2D eigenvalue weighted by atomic mass is 9.92. The van der Waals surface area contributed by atoms with Crippen LogP contribution in [0.25, 0.3) is 0 Å². The molecule has 2 N–H and O–H groups in total. The molecular weight excluding hydrogens is 592 g/mol. The zero-order chi connectivity index (χ0) is 33.7. The molecule has 0 saturated heterocycles. The molecule has 3 amide bonds. The summed E-state index contributed by atoms with van der Waals surface area (Å²) in [6, 6.07) is 24.0. The summed E-state index contributed by atoms with van der Waals surface area (Å²) in [6.07, 6.45) is -2.72. The highest BCUT2D eigenvalue weighted by atomic mass is 16.6. The van der Waals surface area contributed by atoms with E-state index in [2.05, 4.69) is 10.7 Å². The lowest BCUT2D eigenvalue weighted by Crippen LogP contribution is -2.52. The predicted octanol–water partition coefficient (Wildman–Crippen LogP) is 5.59. The second-order valence-electron chi connectivity index (χ2n) is 11.6. The summed E-state index contributed by atoms with van der Waals surface area (Å²) < 4.78 is 21.4. The number of esters is 1. The van der Waals surface area contributed by atoms with E-state index in [1.165, 1.54) is 7.11 Å². The molecule has 12 nitrogen and oxygen atoms in total. The number of anilines is 1. The molecule has 3 rings (SSSR count). The Bertz CT molecular complexity index is 1430. The van der Waals surface area contributed by atoms with Gasteiger partial charge < -0.3 is 29.2 Å². The second-order valence-corrected chi connectivity index (χ2v) is 11.6. The summed E-state index contributed by atoms with van der Waals surface area (Å²) in [5, 5.41) is 3.59. The minimum atomic E-state index is -1.23. The van der Waals surface area contributed by atoms with Crippen LogP contribution in [0, 0.1) is 5.92 Å². The Labute approximate surface area is 269 Å². The molecule has 1 unspecified atom stereocenters. The zero-order valence-corrected chi connectivity index (χ0v) is 27.0. The highest BCUT2D eigenvalue weighted by Crippen LogP contribution is 2.27. The number of hydrazine groups is 1. The minimum Gasteiger partial charge on any atom is -0.469 e. The van der Waals surface area contributed by atoms with Crippen LogP contribution in [0.2, 0.25) is 0 Å². The number of carbonyl (C=O) groups excluding carboxylic acids is 4. The molecule has 3 aromatic rings. The Morgan fingerprint density at radius 3 is 1.80 bits per heavy atom. The summed E-state index contributed by atoms with van der Waals surface area (Å²) in [4.78, 5) is 54.6. The quantitative estimate of drug-likeness (QED) is 0.157. The minimum absolute atomic E-state index is 0.0684. The van der Waals surface area contributed by atoms with Crippen LogP contribution >= 0.6 is 0 Å². The fourth-order valence-corrected chi connectivity index (χ4v) is 4.32. The number of rotatable bonds is 11. The van der Waals surface area contributed by atoms with Gasteiger partial charge in [-0.15, -0.1) is 0 Å². The van der Waals surface area contributed by atoms with Crippen molar-refractivity contribution in [1.82, 2.24) is 15.8 Å². The Hall–Kier alpha value is -5.26. The van der Waals surface area contributed by atoms with Crippen molar-refractivity contribution < 1.29 is 38.1 Å². The number of amides is 3. The number of benzene rings is 3. The SMILES string of the molecule is COC(=O)C(CN(NC(=O)OCc1ccccc1)C(=O)OCc1ccccc1)[C@H](NC(=O)OC(C)(C)C)c1ccc(N(C)C)cc1. The molecule has 0 heterocycles. The van der Waals surface area contributed by atoms with Crippen LogP contribution in [-0.2, 0) is 37.0 Å². The molecule has 0 fully saturated rings. The van der Waals surface area contributed by atoms with E-state index in [1.807, 2.05) is 43.3 Å². The van der Waals surface area contributed by atoms with Crippen LogP contribution in [0.3, 0.4) is 0 Å². The molecule has 0 radical (unpaired) electrons. The molecule has 12 heteroatoms. The Morgan fingerprint density at radius 1 is 0.761 bits per heavy atom. The fraction of sp³-hybridized carbons (Fsp3) is 0.353. The fourth-order valence-electron chi connectivity index (χ4n) is 4.32. The van der Waals surface area contributed by atoms with Crippen molar-refractivity contribution in [3.8, 4) is 0 Å². The molecule has 3 aromatic carbocycles. The van der Waals surface area contributed by atoms with Crippen LogP contribution in [0.5, 0.6) is 0 Å². The zero-order valence-electron chi connectivity index (χ0n) is 27.0. The lowest BCUT2D eigenvalue weighted by Gasteiger charge is -2.32. The Morgan fingerprint density at radius 2 is 1.30 bits per heavy atom. The van der Waals surface area contributed by atoms with Gasteiger partial charge in [0.15, 0.2) is 0 Å². The summed E-state index contributed by atoms with van der Waals surface area (Å²) in [7, 11) is 4.95. The molecule has 46 heavy (non-hydrogen) atoms. The highest BCUT2D eigenvalue weighted by molar-refractivity contribution is 5.78. The van der Waals surface area contributed by atoms with E-state index >= 15 is 0 Å². The van der Waals surface area contributed by atoms with Crippen LogP contribution < -0.4 is 15.6 Å². The normalized spacial score (nSPS) is 12.1. The first-order chi connectivity index (χ1) is 21.9. The van der Waals surface area contributed by atoms with Gasteiger partial charge in [-0.05, 0) is 49.6 Å². The van der Waals surface area contributed by atoms with E-state index < -0.39 is 48.4 Å². The number of hydrogen-bond acceptors (Lipinski definition) is 9. The Kier molecular flexibility index (Phi) is 12.8. The molecule has 0 saturated carbocycles. The van der Waals surface area contributed by atoms with Gasteiger partial charge in [0.05, 0.1) is 19.7 Å². The molecule has 2 atom stereocenters. The van der Waals surface area contributed by atoms with Crippen molar-refractivity contribution in [1.29, 1.82) is 0 Å². The van der Waals surface area contributed by atoms with Crippen LogP contribution in [0.1, 0.15) is 43.5 Å². The van der Waals surface area contributed by atoms with Gasteiger partial charge >= 0.3 is 24.2 Å². The largest absolute Gasteiger partial charge is 0.469 e. The molecule has 0 aliphatic rings. The number of carbonyl (C=O) groups is 4. The van der Waals surface area contributed by atoms with Crippen molar-refractivity contribution in [3.05, 3.63) is 102 Å². The third kappa shape index (κ3) is 11.3. The first kappa shape index (κ1) is 35.2. The van der Waals surface area contributed by atoms with E-state index in [1.54, 1.807) is 81.4 Å². The van der Waals surface area contributed by atoms with Crippen molar-refractivity contribution in [2.75, 3.05) is 32.6 Å². The van der Waals surface area contributed by atoms with Gasteiger partial charge in [0.1, 0.15) is 24.7 Å². The average Bonchev–Trinajstić information content (AvgIpc) is 3.03. The Balaban J connectivity index is 1.94. The first-order valence-electron chi connectivity index (χ1n) is 14.7. The van der Waals surface area contributed by atoms with Gasteiger partial charge in [-0.25, -0.2) is 24.8 Å². The number of nitrogens with zero attached hydrogens (tertiary/aromatic N) is 2. The maximum absolute atomic E-state index is 13.4. The second kappa shape index (κ2) is 16.7. The number of ether oxygens (including phenoxy) is 4. The summed E-state index contributed by atoms with van der Waals surface area (Å²) >= 11 is 0. The predicted molar refractivity (Wildman–Crippen MR) is 171 cm³/mol. The number of hydrogen-bond donors (Lipinski definition) is 2. The van der Waals surface area contributed by atoms with E-state index in [0.717, 1.165) is 16.3 Å². The van der Waals surface area contributed by atoms with Crippen molar-refractivity contribution in [3.63, 3.8) is 0 Å². The van der Waals surface area contributed by atoms with Gasteiger partial charge in [0.25, 0.3) is 0 Å². The van der Waals surface area contributed by atoms with E-state index in [-0.39, 0.29) is 13.2 Å². The number of alkyl carbamates (subject to hydrolysis) is 1. The smallest absolute Gasteiger partial charge is 0.429 e. The third-order valence-corrected chi connectivity index (χ3v) is 6.59. The molecule has 0 bridgehead atoms. The first-order valence-corrected chi connectivity index (χ1v) is 14.7. The third-order valence-electron chi connectivity index (χ3n) is 6.59. The van der Waals surface area contributed by atoms with Gasteiger partial charge in [-0.3, -0.25) is 4.79 Å². The van der Waals surface area contributed by atoms with Gasteiger partial charge in [0, 0.05) is 19.8 Å². The van der Waals surface area contributed by atoms with Crippen molar-refractivity contribution >= 4 is 29.9 Å². The monoisotopic (exact) mass is 634 g/mol. The number of nitrogens with one attached hydrogen (secondary N) is 2. The van der Waals surface area contributed by atoms with Crippen molar-refractivity contribution in [2.45, 2.75) is 45.6 Å². The van der Waals surface area contributed by atoms with Crippen LogP contribution in [0.15, 0.2) is 84.9 Å². The summed E-state index contributed by atoms with van der Waals surface area (Å²) in [5.41, 5.74) is 4.40. The van der Waals surface area contributed by atoms with Crippen LogP contribution in [-0.4, -0.2) is 62.6 Å². The highest BCUT2D eigenvalue weighted by Gasteiger charge is 2.37. The molecule has 0 spiro atoms. The summed E-state index contributed by atoms with van der Waals surface area (Å²) in [5.74, 6) is -2.00. The standard InChI is InChI=1S/C34H42N4O8/c1-34(2,3)46-31(40)35-29(26-17-19-27(20-18-26)37(4)5)28(30(39)43-6)21-38(33(42)45-23-25-15-11-8-12-16-25)36-32(41)44-22-24-13-9-7-10-14-24/h7-20,28-29H,21-23H2,1-6H3,(H,35,40)(H,36,41)/t28?,29-/m1/s1. The lowest BCUT2D eigenvalue weighted by molar-refractivity contribution is -0.147. The summed E-state index contributed by atoms with van der Waals surface area (Å²) in [6.45, 7) is 4.49. The molecule has 0 aliphatic heterocycles.